The molecule has 6 nitrogen and oxygen atoms in total. The van der Waals surface area contributed by atoms with Crippen molar-refractivity contribution in [3.05, 3.63) is 29.8 Å². The van der Waals surface area contributed by atoms with Gasteiger partial charge in [-0.2, -0.15) is 0 Å². The van der Waals surface area contributed by atoms with Gasteiger partial charge in [-0.1, -0.05) is 0 Å². The first-order valence-corrected chi connectivity index (χ1v) is 7.20. The zero-order chi connectivity index (χ0) is 16.1. The number of aromatic hydroxyl groups is 1. The monoisotopic (exact) mass is 305 g/mol. The van der Waals surface area contributed by atoms with Crippen LogP contribution in [0.4, 0.5) is 0 Å². The first-order chi connectivity index (χ1) is 10.5. The SMILES string of the molecule is COC(=O)[C@@H](NC(=O)c1ccc(O)cc1)[C@@H]1CCCC(=O)C1. The van der Waals surface area contributed by atoms with Crippen molar-refractivity contribution in [3.63, 3.8) is 0 Å². The number of phenolic OH excluding ortho intramolecular Hbond substituents is 1. The largest absolute Gasteiger partial charge is 0.508 e. The van der Waals surface area contributed by atoms with E-state index in [1.54, 1.807) is 0 Å². The van der Waals surface area contributed by atoms with E-state index in [0.29, 0.717) is 24.8 Å². The van der Waals surface area contributed by atoms with E-state index >= 15 is 0 Å². The van der Waals surface area contributed by atoms with Gasteiger partial charge in [0.2, 0.25) is 0 Å². The zero-order valence-corrected chi connectivity index (χ0v) is 12.4. The van der Waals surface area contributed by atoms with Crippen LogP contribution in [0.25, 0.3) is 0 Å². The number of rotatable bonds is 4. The smallest absolute Gasteiger partial charge is 0.328 e. The van der Waals surface area contributed by atoms with E-state index in [0.717, 1.165) is 0 Å². The molecule has 0 spiro atoms. The molecule has 1 aliphatic carbocycles. The van der Waals surface area contributed by atoms with Gasteiger partial charge >= 0.3 is 5.97 Å². The Labute approximate surface area is 128 Å². The highest BCUT2D eigenvalue weighted by molar-refractivity contribution is 5.97. The van der Waals surface area contributed by atoms with Gasteiger partial charge in [0.25, 0.3) is 5.91 Å². The van der Waals surface area contributed by atoms with E-state index in [4.69, 9.17) is 4.74 Å². The Morgan fingerprint density at radius 3 is 2.59 bits per heavy atom. The van der Waals surface area contributed by atoms with E-state index in [2.05, 4.69) is 5.32 Å². The fourth-order valence-corrected chi connectivity index (χ4v) is 2.68. The number of esters is 1. The minimum absolute atomic E-state index is 0.0546. The zero-order valence-electron chi connectivity index (χ0n) is 12.4. The average molecular weight is 305 g/mol. The first kappa shape index (κ1) is 16.0. The lowest BCUT2D eigenvalue weighted by atomic mass is 9.83. The lowest BCUT2D eigenvalue weighted by molar-refractivity contribution is -0.145. The van der Waals surface area contributed by atoms with Gasteiger partial charge in [-0.15, -0.1) is 0 Å². The van der Waals surface area contributed by atoms with Crippen LogP contribution in [0.2, 0.25) is 0 Å². The third-order valence-electron chi connectivity index (χ3n) is 3.86. The summed E-state index contributed by atoms with van der Waals surface area (Å²) in [7, 11) is 1.26. The van der Waals surface area contributed by atoms with Crippen LogP contribution < -0.4 is 5.32 Å². The summed E-state index contributed by atoms with van der Waals surface area (Å²) in [6.45, 7) is 0. The lowest BCUT2D eigenvalue weighted by Gasteiger charge is -2.28. The second-order valence-corrected chi connectivity index (χ2v) is 5.42. The molecule has 1 aromatic carbocycles. The summed E-state index contributed by atoms with van der Waals surface area (Å²) < 4.78 is 4.75. The van der Waals surface area contributed by atoms with E-state index in [-0.39, 0.29) is 23.9 Å². The molecule has 6 heteroatoms. The summed E-state index contributed by atoms with van der Waals surface area (Å²) in [5.74, 6) is -1.07. The summed E-state index contributed by atoms with van der Waals surface area (Å²) in [6, 6.07) is 4.88. The van der Waals surface area contributed by atoms with Crippen LogP contribution in [0, 0.1) is 5.92 Å². The number of phenols is 1. The summed E-state index contributed by atoms with van der Waals surface area (Å²) in [5.41, 5.74) is 0.328. The second-order valence-electron chi connectivity index (χ2n) is 5.42. The molecule has 1 aromatic rings. The molecule has 0 saturated heterocycles. The van der Waals surface area contributed by atoms with Gasteiger partial charge in [-0.05, 0) is 43.0 Å². The fraction of sp³-hybridized carbons (Fsp3) is 0.438. The maximum Gasteiger partial charge on any atom is 0.328 e. The van der Waals surface area contributed by atoms with Crippen molar-refractivity contribution in [2.75, 3.05) is 7.11 Å². The summed E-state index contributed by atoms with van der Waals surface area (Å²) in [6.07, 6.45) is 2.21. The number of carbonyl (C=O) groups is 3. The van der Waals surface area contributed by atoms with Crippen LogP contribution in [0.3, 0.4) is 0 Å². The number of carbonyl (C=O) groups excluding carboxylic acids is 3. The number of ether oxygens (including phenoxy) is 1. The van der Waals surface area contributed by atoms with Crippen molar-refractivity contribution < 1.29 is 24.2 Å². The van der Waals surface area contributed by atoms with Gasteiger partial charge in [-0.3, -0.25) is 9.59 Å². The predicted octanol–water partition coefficient (Wildman–Crippen LogP) is 1.42. The molecular formula is C16H19NO5. The molecule has 2 atom stereocenters. The van der Waals surface area contributed by atoms with Gasteiger partial charge in [-0.25, -0.2) is 4.79 Å². The molecule has 0 aliphatic heterocycles. The number of amides is 1. The third-order valence-corrected chi connectivity index (χ3v) is 3.86. The van der Waals surface area contributed by atoms with Crippen molar-refractivity contribution >= 4 is 17.7 Å². The van der Waals surface area contributed by atoms with Crippen LogP contribution in [-0.4, -0.2) is 35.9 Å². The Hall–Kier alpha value is -2.37. The van der Waals surface area contributed by atoms with Crippen LogP contribution in [0.5, 0.6) is 5.75 Å². The molecule has 118 valence electrons. The maximum absolute atomic E-state index is 12.2. The Morgan fingerprint density at radius 2 is 2.00 bits per heavy atom. The van der Waals surface area contributed by atoms with Crippen LogP contribution >= 0.6 is 0 Å². The highest BCUT2D eigenvalue weighted by Gasteiger charge is 2.34. The Kier molecular flexibility index (Phi) is 5.14. The fourth-order valence-electron chi connectivity index (χ4n) is 2.68. The standard InChI is InChI=1S/C16H19NO5/c1-22-16(21)14(11-3-2-4-13(19)9-11)17-15(20)10-5-7-12(18)8-6-10/h5-8,11,14,18H,2-4,9H2,1H3,(H,17,20)/t11-,14+/m1/s1. The number of Topliss-reactive ketones (excluding diaryl/α,β-unsaturated/α-hetero) is 1. The van der Waals surface area contributed by atoms with Crippen molar-refractivity contribution in [2.24, 2.45) is 5.92 Å². The van der Waals surface area contributed by atoms with E-state index in [1.165, 1.54) is 31.4 Å². The Bertz CT molecular complexity index is 566. The second kappa shape index (κ2) is 7.06. The molecule has 2 rings (SSSR count). The molecule has 0 unspecified atom stereocenters. The van der Waals surface area contributed by atoms with Gasteiger partial charge in [0.05, 0.1) is 7.11 Å². The topological polar surface area (TPSA) is 92.7 Å². The van der Waals surface area contributed by atoms with E-state index < -0.39 is 17.9 Å². The minimum atomic E-state index is -0.837. The Balaban J connectivity index is 2.12. The number of hydrogen-bond acceptors (Lipinski definition) is 5. The molecule has 22 heavy (non-hydrogen) atoms. The first-order valence-electron chi connectivity index (χ1n) is 7.20. The van der Waals surface area contributed by atoms with Crippen LogP contribution in [0.15, 0.2) is 24.3 Å². The van der Waals surface area contributed by atoms with Gasteiger partial charge in [0.15, 0.2) is 0 Å². The quantitative estimate of drug-likeness (QED) is 0.821. The molecule has 0 bridgehead atoms. The molecule has 1 amide bonds. The number of methoxy groups -OCH3 is 1. The van der Waals surface area contributed by atoms with E-state index in [1.807, 2.05) is 0 Å². The van der Waals surface area contributed by atoms with Crippen molar-refractivity contribution in [1.82, 2.24) is 5.32 Å². The molecule has 1 fully saturated rings. The molecule has 2 N–H and O–H groups in total. The molecule has 0 radical (unpaired) electrons. The highest BCUT2D eigenvalue weighted by atomic mass is 16.5. The number of benzene rings is 1. The van der Waals surface area contributed by atoms with Crippen LogP contribution in [0.1, 0.15) is 36.0 Å². The number of ketones is 1. The summed E-state index contributed by atoms with van der Waals surface area (Å²) >= 11 is 0. The molecule has 0 aromatic heterocycles. The van der Waals surface area contributed by atoms with Crippen molar-refractivity contribution in [2.45, 2.75) is 31.7 Å². The van der Waals surface area contributed by atoms with Crippen LogP contribution in [-0.2, 0) is 14.3 Å². The third kappa shape index (κ3) is 3.84. The number of nitrogens with one attached hydrogen (secondary N) is 1. The molecule has 1 saturated carbocycles. The summed E-state index contributed by atoms with van der Waals surface area (Å²) in [4.78, 5) is 35.8. The highest BCUT2D eigenvalue weighted by Crippen LogP contribution is 2.25. The average Bonchev–Trinajstić information content (AvgIpc) is 2.52. The molecular weight excluding hydrogens is 286 g/mol. The van der Waals surface area contributed by atoms with Crippen molar-refractivity contribution in [3.8, 4) is 5.75 Å². The lowest BCUT2D eigenvalue weighted by Crippen LogP contribution is -2.48. The Morgan fingerprint density at radius 1 is 1.32 bits per heavy atom. The van der Waals surface area contributed by atoms with Gasteiger partial charge < -0.3 is 15.2 Å². The van der Waals surface area contributed by atoms with Crippen molar-refractivity contribution in [1.29, 1.82) is 0 Å². The molecule has 1 aliphatic rings. The predicted molar refractivity (Wildman–Crippen MR) is 78.3 cm³/mol. The maximum atomic E-state index is 12.2. The molecule has 0 heterocycles. The summed E-state index contributed by atoms with van der Waals surface area (Å²) in [5, 5.41) is 11.9. The number of hydrogen-bond donors (Lipinski definition) is 2. The normalized spacial score (nSPS) is 19.3. The van der Waals surface area contributed by atoms with Gasteiger partial charge in [0.1, 0.15) is 17.6 Å². The van der Waals surface area contributed by atoms with Gasteiger partial charge in [0, 0.05) is 18.4 Å². The minimum Gasteiger partial charge on any atom is -0.508 e. The van der Waals surface area contributed by atoms with E-state index in [9.17, 15) is 19.5 Å².